The SMILES string of the molecule is COCCn1ncc(Cl)c1C(=O)c1ccc(C)s1. The zero-order valence-electron chi connectivity index (χ0n) is 10.1. The van der Waals surface area contributed by atoms with Gasteiger partial charge in [0, 0.05) is 12.0 Å². The van der Waals surface area contributed by atoms with Crippen LogP contribution in [0.5, 0.6) is 0 Å². The average Bonchev–Trinajstić information content (AvgIpc) is 2.92. The second-order valence-electron chi connectivity index (χ2n) is 3.80. The maximum Gasteiger partial charge on any atom is 0.222 e. The summed E-state index contributed by atoms with van der Waals surface area (Å²) in [6, 6.07) is 3.73. The number of carbonyl (C=O) groups is 1. The van der Waals surface area contributed by atoms with Crippen molar-refractivity contribution in [2.45, 2.75) is 13.5 Å². The van der Waals surface area contributed by atoms with Crippen LogP contribution in [0, 0.1) is 6.92 Å². The number of aryl methyl sites for hydroxylation is 1. The van der Waals surface area contributed by atoms with Gasteiger partial charge in [0.25, 0.3) is 0 Å². The highest BCUT2D eigenvalue weighted by atomic mass is 35.5. The summed E-state index contributed by atoms with van der Waals surface area (Å²) in [7, 11) is 1.61. The summed E-state index contributed by atoms with van der Waals surface area (Å²) in [5, 5.41) is 4.47. The van der Waals surface area contributed by atoms with Gasteiger partial charge in [-0.15, -0.1) is 11.3 Å². The van der Waals surface area contributed by atoms with Crippen LogP contribution >= 0.6 is 22.9 Å². The Kier molecular flexibility index (Phi) is 4.16. The molecule has 0 unspecified atom stereocenters. The Balaban J connectivity index is 2.32. The third kappa shape index (κ3) is 2.63. The summed E-state index contributed by atoms with van der Waals surface area (Å²) in [6.07, 6.45) is 1.49. The normalized spacial score (nSPS) is 10.8. The first-order valence-corrected chi connectivity index (χ1v) is 6.64. The fourth-order valence-corrected chi connectivity index (χ4v) is 2.64. The Bertz CT molecular complexity index is 562. The van der Waals surface area contributed by atoms with Crippen molar-refractivity contribution >= 4 is 28.7 Å². The standard InChI is InChI=1S/C12H13ClN2O2S/c1-8-3-4-10(18-8)12(16)11-9(13)7-14-15(11)5-6-17-2/h3-4,7H,5-6H2,1-2H3. The van der Waals surface area contributed by atoms with Gasteiger partial charge in [-0.2, -0.15) is 5.10 Å². The van der Waals surface area contributed by atoms with E-state index < -0.39 is 0 Å². The average molecular weight is 285 g/mol. The van der Waals surface area contributed by atoms with Gasteiger partial charge >= 0.3 is 0 Å². The van der Waals surface area contributed by atoms with Crippen LogP contribution in [0.3, 0.4) is 0 Å². The minimum absolute atomic E-state index is 0.0910. The molecule has 0 aliphatic rings. The van der Waals surface area contributed by atoms with Gasteiger partial charge in [0.05, 0.1) is 29.2 Å². The zero-order valence-corrected chi connectivity index (χ0v) is 11.7. The molecule has 0 atom stereocenters. The third-order valence-corrected chi connectivity index (χ3v) is 3.76. The van der Waals surface area contributed by atoms with Gasteiger partial charge < -0.3 is 4.74 Å². The van der Waals surface area contributed by atoms with E-state index >= 15 is 0 Å². The van der Waals surface area contributed by atoms with Gasteiger partial charge in [0.2, 0.25) is 5.78 Å². The van der Waals surface area contributed by atoms with Crippen molar-refractivity contribution in [1.29, 1.82) is 0 Å². The van der Waals surface area contributed by atoms with Crippen LogP contribution in [-0.2, 0) is 11.3 Å². The molecule has 0 aromatic carbocycles. The number of hydrogen-bond donors (Lipinski definition) is 0. The predicted octanol–water partition coefficient (Wildman–Crippen LogP) is 2.78. The first-order valence-electron chi connectivity index (χ1n) is 5.45. The lowest BCUT2D eigenvalue weighted by atomic mass is 10.2. The van der Waals surface area contributed by atoms with E-state index in [2.05, 4.69) is 5.10 Å². The minimum atomic E-state index is -0.0910. The number of carbonyl (C=O) groups excluding carboxylic acids is 1. The molecule has 6 heteroatoms. The smallest absolute Gasteiger partial charge is 0.222 e. The van der Waals surface area contributed by atoms with Crippen molar-refractivity contribution in [3.8, 4) is 0 Å². The number of aromatic nitrogens is 2. The molecule has 2 aromatic heterocycles. The number of thiophene rings is 1. The summed E-state index contributed by atoms with van der Waals surface area (Å²) >= 11 is 7.49. The summed E-state index contributed by atoms with van der Waals surface area (Å²) in [5.74, 6) is -0.0910. The number of ether oxygens (including phenoxy) is 1. The van der Waals surface area contributed by atoms with Crippen LogP contribution in [0.15, 0.2) is 18.3 Å². The topological polar surface area (TPSA) is 44.1 Å². The molecule has 2 rings (SSSR count). The molecule has 0 N–H and O–H groups in total. The monoisotopic (exact) mass is 284 g/mol. The number of ketones is 1. The summed E-state index contributed by atoms with van der Waals surface area (Å²) in [5.41, 5.74) is 0.426. The van der Waals surface area contributed by atoms with Crippen LogP contribution in [0.2, 0.25) is 5.02 Å². The largest absolute Gasteiger partial charge is 0.383 e. The first-order chi connectivity index (χ1) is 8.63. The van der Waals surface area contributed by atoms with Gasteiger partial charge in [0.15, 0.2) is 0 Å². The van der Waals surface area contributed by atoms with E-state index in [4.69, 9.17) is 16.3 Å². The predicted molar refractivity (Wildman–Crippen MR) is 71.6 cm³/mol. The molecule has 2 heterocycles. The van der Waals surface area contributed by atoms with Crippen molar-refractivity contribution < 1.29 is 9.53 Å². The Hall–Kier alpha value is -1.17. The van der Waals surface area contributed by atoms with Gasteiger partial charge in [-0.1, -0.05) is 11.6 Å². The number of nitrogens with zero attached hydrogens (tertiary/aromatic N) is 2. The molecular formula is C12H13ClN2O2S. The van der Waals surface area contributed by atoms with Gasteiger partial charge in [-0.3, -0.25) is 9.48 Å². The Labute approximate surface area is 114 Å². The lowest BCUT2D eigenvalue weighted by molar-refractivity contribution is 0.102. The van der Waals surface area contributed by atoms with Crippen LogP contribution in [-0.4, -0.2) is 29.3 Å². The molecule has 0 fully saturated rings. The maximum absolute atomic E-state index is 12.3. The van der Waals surface area contributed by atoms with Crippen molar-refractivity contribution in [1.82, 2.24) is 9.78 Å². The molecule has 96 valence electrons. The van der Waals surface area contributed by atoms with E-state index in [-0.39, 0.29) is 5.78 Å². The summed E-state index contributed by atoms with van der Waals surface area (Å²) in [4.78, 5) is 14.1. The van der Waals surface area contributed by atoms with E-state index in [1.807, 2.05) is 19.1 Å². The molecule has 0 aliphatic carbocycles. The highest BCUT2D eigenvalue weighted by Crippen LogP contribution is 2.23. The Morgan fingerprint density at radius 1 is 1.56 bits per heavy atom. The zero-order chi connectivity index (χ0) is 13.1. The second-order valence-corrected chi connectivity index (χ2v) is 5.49. The van der Waals surface area contributed by atoms with Crippen molar-refractivity contribution in [2.75, 3.05) is 13.7 Å². The number of hydrogen-bond acceptors (Lipinski definition) is 4. The van der Waals surface area contributed by atoms with E-state index in [9.17, 15) is 4.79 Å². The number of halogens is 1. The molecular weight excluding hydrogens is 272 g/mol. The maximum atomic E-state index is 12.3. The molecule has 0 spiro atoms. The van der Waals surface area contributed by atoms with E-state index in [0.29, 0.717) is 28.7 Å². The lowest BCUT2D eigenvalue weighted by Gasteiger charge is -2.05. The van der Waals surface area contributed by atoms with Gasteiger partial charge in [-0.05, 0) is 19.1 Å². The van der Waals surface area contributed by atoms with Crippen molar-refractivity contribution in [2.24, 2.45) is 0 Å². The third-order valence-electron chi connectivity index (χ3n) is 2.48. The molecule has 18 heavy (non-hydrogen) atoms. The molecule has 2 aromatic rings. The molecule has 0 radical (unpaired) electrons. The van der Waals surface area contributed by atoms with Crippen LogP contribution in [0.4, 0.5) is 0 Å². The Morgan fingerprint density at radius 3 is 2.94 bits per heavy atom. The molecule has 0 aliphatic heterocycles. The highest BCUT2D eigenvalue weighted by Gasteiger charge is 2.20. The molecule has 0 saturated heterocycles. The number of methoxy groups -OCH3 is 1. The molecule has 0 saturated carbocycles. The van der Waals surface area contributed by atoms with Crippen LogP contribution in [0.25, 0.3) is 0 Å². The highest BCUT2D eigenvalue weighted by molar-refractivity contribution is 7.14. The van der Waals surface area contributed by atoms with Crippen molar-refractivity contribution in [3.05, 3.63) is 38.8 Å². The van der Waals surface area contributed by atoms with E-state index in [0.717, 1.165) is 4.88 Å². The van der Waals surface area contributed by atoms with E-state index in [1.54, 1.807) is 11.8 Å². The van der Waals surface area contributed by atoms with Crippen LogP contribution in [0.1, 0.15) is 20.2 Å². The fraction of sp³-hybridized carbons (Fsp3) is 0.333. The van der Waals surface area contributed by atoms with Gasteiger partial charge in [-0.25, -0.2) is 0 Å². The second kappa shape index (κ2) is 5.65. The summed E-state index contributed by atoms with van der Waals surface area (Å²) < 4.78 is 6.57. The minimum Gasteiger partial charge on any atom is -0.383 e. The number of rotatable bonds is 5. The first kappa shape index (κ1) is 13.3. The molecule has 0 bridgehead atoms. The van der Waals surface area contributed by atoms with E-state index in [1.165, 1.54) is 17.5 Å². The lowest BCUT2D eigenvalue weighted by Crippen LogP contribution is -2.14. The molecule has 4 nitrogen and oxygen atoms in total. The van der Waals surface area contributed by atoms with Crippen molar-refractivity contribution in [3.63, 3.8) is 0 Å². The van der Waals surface area contributed by atoms with Gasteiger partial charge in [0.1, 0.15) is 5.69 Å². The Morgan fingerprint density at radius 2 is 2.33 bits per heavy atom. The fourth-order valence-electron chi connectivity index (χ4n) is 1.61. The summed E-state index contributed by atoms with van der Waals surface area (Å²) in [6.45, 7) is 2.96. The molecule has 0 amide bonds. The van der Waals surface area contributed by atoms with Crippen LogP contribution < -0.4 is 0 Å². The quantitative estimate of drug-likeness (QED) is 0.793.